The van der Waals surface area contributed by atoms with Crippen molar-refractivity contribution >= 4 is 10.8 Å². The van der Waals surface area contributed by atoms with E-state index in [1.54, 1.807) is 24.3 Å². The maximum atomic E-state index is 14.1. The van der Waals surface area contributed by atoms with E-state index in [0.717, 1.165) is 30.2 Å². The van der Waals surface area contributed by atoms with Crippen LogP contribution in [0.5, 0.6) is 5.75 Å². The van der Waals surface area contributed by atoms with Gasteiger partial charge in [-0.05, 0) is 78.9 Å². The van der Waals surface area contributed by atoms with Gasteiger partial charge in [0, 0.05) is 17.5 Å². The van der Waals surface area contributed by atoms with Crippen LogP contribution in [0.1, 0.15) is 49.3 Å². The standard InChI is InChI=1S/C23H23F2NO/c1-14(20-10-11-23(25)22-13-17(24)5-9-21(20)22)26-18-6-2-16(12-18)15-3-7-19(27)8-4-15/h3-5,7-11,13-14,16,18,26-27H,2,6,12H2,1H3/t14-,16-,18+/m1/s1. The zero-order valence-corrected chi connectivity index (χ0v) is 15.3. The fourth-order valence-electron chi connectivity index (χ4n) is 4.31. The summed E-state index contributed by atoms with van der Waals surface area (Å²) in [4.78, 5) is 0. The zero-order chi connectivity index (χ0) is 19.0. The molecule has 0 bridgehead atoms. The van der Waals surface area contributed by atoms with Crippen LogP contribution < -0.4 is 5.32 Å². The van der Waals surface area contributed by atoms with Crippen LogP contribution in [0.3, 0.4) is 0 Å². The zero-order valence-electron chi connectivity index (χ0n) is 15.3. The number of benzene rings is 3. The minimum atomic E-state index is -0.424. The molecule has 3 atom stereocenters. The first-order valence-electron chi connectivity index (χ1n) is 9.44. The summed E-state index contributed by atoms with van der Waals surface area (Å²) < 4.78 is 27.6. The monoisotopic (exact) mass is 367 g/mol. The van der Waals surface area contributed by atoms with Gasteiger partial charge in [0.25, 0.3) is 0 Å². The normalized spacial score (nSPS) is 20.9. The predicted octanol–water partition coefficient (Wildman–Crippen LogP) is 5.81. The molecule has 2 N–H and O–H groups in total. The Labute approximate surface area is 157 Å². The highest BCUT2D eigenvalue weighted by Crippen LogP contribution is 2.36. The summed E-state index contributed by atoms with van der Waals surface area (Å²) in [5.74, 6) is -0.0468. The summed E-state index contributed by atoms with van der Waals surface area (Å²) >= 11 is 0. The van der Waals surface area contributed by atoms with Gasteiger partial charge in [0.1, 0.15) is 17.4 Å². The largest absolute Gasteiger partial charge is 0.508 e. The SMILES string of the molecule is C[C@@H](N[C@H]1CC[C@@H](c2ccc(O)cc2)C1)c1ccc(F)c2cc(F)ccc12. The van der Waals surface area contributed by atoms with Crippen molar-refractivity contribution in [3.8, 4) is 5.75 Å². The molecule has 3 aromatic rings. The number of phenols is 1. The lowest BCUT2D eigenvalue weighted by Gasteiger charge is -2.22. The van der Waals surface area contributed by atoms with Gasteiger partial charge in [0.05, 0.1) is 0 Å². The molecule has 0 unspecified atom stereocenters. The highest BCUT2D eigenvalue weighted by Gasteiger charge is 2.27. The van der Waals surface area contributed by atoms with Crippen molar-refractivity contribution in [1.29, 1.82) is 0 Å². The van der Waals surface area contributed by atoms with E-state index in [-0.39, 0.29) is 6.04 Å². The Balaban J connectivity index is 1.50. The summed E-state index contributed by atoms with van der Waals surface area (Å²) in [6.07, 6.45) is 3.21. The van der Waals surface area contributed by atoms with E-state index < -0.39 is 11.6 Å². The molecule has 0 heterocycles. The molecule has 4 rings (SSSR count). The van der Waals surface area contributed by atoms with Gasteiger partial charge >= 0.3 is 0 Å². The van der Waals surface area contributed by atoms with Crippen LogP contribution in [-0.4, -0.2) is 11.1 Å². The summed E-state index contributed by atoms with van der Waals surface area (Å²) in [5, 5.41) is 14.2. The van der Waals surface area contributed by atoms with Gasteiger partial charge in [-0.2, -0.15) is 0 Å². The first kappa shape index (κ1) is 17.9. The van der Waals surface area contributed by atoms with Gasteiger partial charge in [-0.15, -0.1) is 0 Å². The third kappa shape index (κ3) is 3.67. The quantitative estimate of drug-likeness (QED) is 0.610. The molecule has 1 aliphatic rings. The van der Waals surface area contributed by atoms with Crippen LogP contribution in [0.4, 0.5) is 8.78 Å². The van der Waals surface area contributed by atoms with Gasteiger partial charge in [-0.3, -0.25) is 0 Å². The lowest BCUT2D eigenvalue weighted by molar-refractivity contribution is 0.458. The molecule has 1 saturated carbocycles. The average molecular weight is 367 g/mol. The third-order valence-corrected chi connectivity index (χ3v) is 5.71. The van der Waals surface area contributed by atoms with Crippen molar-refractivity contribution in [3.63, 3.8) is 0 Å². The molecule has 0 saturated heterocycles. The molecule has 4 heteroatoms. The van der Waals surface area contributed by atoms with Crippen LogP contribution in [0, 0.1) is 11.6 Å². The lowest BCUT2D eigenvalue weighted by Crippen LogP contribution is -2.29. The number of hydrogen-bond donors (Lipinski definition) is 2. The number of phenolic OH excluding ortho intramolecular Hbond substituents is 1. The Morgan fingerprint density at radius 1 is 0.963 bits per heavy atom. The van der Waals surface area contributed by atoms with E-state index in [4.69, 9.17) is 0 Å². The molecule has 0 aromatic heterocycles. The van der Waals surface area contributed by atoms with Crippen LogP contribution in [0.15, 0.2) is 54.6 Å². The van der Waals surface area contributed by atoms with Crippen molar-refractivity contribution in [2.75, 3.05) is 0 Å². The fraction of sp³-hybridized carbons (Fsp3) is 0.304. The lowest BCUT2D eigenvalue weighted by atomic mass is 9.96. The molecule has 3 aromatic carbocycles. The summed E-state index contributed by atoms with van der Waals surface area (Å²) in [6, 6.07) is 15.4. The molecule has 140 valence electrons. The summed E-state index contributed by atoms with van der Waals surface area (Å²) in [5.41, 5.74) is 2.24. The maximum absolute atomic E-state index is 14.1. The maximum Gasteiger partial charge on any atom is 0.131 e. The average Bonchev–Trinajstić information content (AvgIpc) is 3.11. The van der Waals surface area contributed by atoms with Crippen LogP contribution in [-0.2, 0) is 0 Å². The minimum Gasteiger partial charge on any atom is -0.508 e. The molecule has 0 radical (unpaired) electrons. The van der Waals surface area contributed by atoms with Gasteiger partial charge in [-0.1, -0.05) is 24.3 Å². The highest BCUT2D eigenvalue weighted by atomic mass is 19.1. The Morgan fingerprint density at radius 3 is 2.52 bits per heavy atom. The fourth-order valence-corrected chi connectivity index (χ4v) is 4.31. The number of hydrogen-bond acceptors (Lipinski definition) is 2. The summed E-state index contributed by atoms with van der Waals surface area (Å²) in [6.45, 7) is 2.07. The minimum absolute atomic E-state index is 0.0436. The first-order chi connectivity index (χ1) is 13.0. The second-order valence-corrected chi connectivity index (χ2v) is 7.51. The molecule has 1 fully saturated rings. The molecule has 27 heavy (non-hydrogen) atoms. The molecular formula is C23H23F2NO. The van der Waals surface area contributed by atoms with Crippen molar-refractivity contribution in [1.82, 2.24) is 5.32 Å². The number of halogens is 2. The molecule has 1 aliphatic carbocycles. The van der Waals surface area contributed by atoms with E-state index in [1.807, 2.05) is 12.1 Å². The van der Waals surface area contributed by atoms with E-state index in [2.05, 4.69) is 12.2 Å². The predicted molar refractivity (Wildman–Crippen MR) is 104 cm³/mol. The van der Waals surface area contributed by atoms with Gasteiger partial charge in [0.2, 0.25) is 0 Å². The Kier molecular flexibility index (Phi) is 4.83. The van der Waals surface area contributed by atoms with Crippen molar-refractivity contribution in [2.45, 2.75) is 44.2 Å². The van der Waals surface area contributed by atoms with Crippen molar-refractivity contribution < 1.29 is 13.9 Å². The van der Waals surface area contributed by atoms with Gasteiger partial charge in [0.15, 0.2) is 0 Å². The van der Waals surface area contributed by atoms with E-state index >= 15 is 0 Å². The molecule has 0 spiro atoms. The van der Waals surface area contributed by atoms with Crippen molar-refractivity contribution in [2.24, 2.45) is 0 Å². The van der Waals surface area contributed by atoms with Crippen LogP contribution in [0.2, 0.25) is 0 Å². The Hall–Kier alpha value is -2.46. The highest BCUT2D eigenvalue weighted by molar-refractivity contribution is 5.86. The first-order valence-corrected chi connectivity index (χ1v) is 9.44. The van der Waals surface area contributed by atoms with Crippen molar-refractivity contribution in [3.05, 3.63) is 77.4 Å². The third-order valence-electron chi connectivity index (χ3n) is 5.71. The number of aromatic hydroxyl groups is 1. The molecule has 2 nitrogen and oxygen atoms in total. The smallest absolute Gasteiger partial charge is 0.131 e. The van der Waals surface area contributed by atoms with Gasteiger partial charge in [-0.25, -0.2) is 8.78 Å². The Morgan fingerprint density at radius 2 is 1.74 bits per heavy atom. The molecule has 0 aliphatic heterocycles. The van der Waals surface area contributed by atoms with Gasteiger partial charge < -0.3 is 10.4 Å². The van der Waals surface area contributed by atoms with Crippen LogP contribution in [0.25, 0.3) is 10.8 Å². The topological polar surface area (TPSA) is 32.3 Å². The summed E-state index contributed by atoms with van der Waals surface area (Å²) in [7, 11) is 0. The van der Waals surface area contributed by atoms with Crippen LogP contribution >= 0.6 is 0 Å². The second-order valence-electron chi connectivity index (χ2n) is 7.51. The molecular weight excluding hydrogens is 344 g/mol. The number of nitrogens with one attached hydrogen (secondary N) is 1. The number of fused-ring (bicyclic) bond motifs is 1. The Bertz CT molecular complexity index is 954. The van der Waals surface area contributed by atoms with E-state index in [9.17, 15) is 13.9 Å². The molecule has 0 amide bonds. The number of rotatable bonds is 4. The second kappa shape index (κ2) is 7.28. The van der Waals surface area contributed by atoms with E-state index in [1.165, 1.54) is 23.8 Å². The van der Waals surface area contributed by atoms with E-state index in [0.29, 0.717) is 23.1 Å².